The molecule has 0 spiro atoms. The first-order valence-corrected chi connectivity index (χ1v) is 8.74. The van der Waals surface area contributed by atoms with E-state index < -0.39 is 5.97 Å². The fourth-order valence-electron chi connectivity index (χ4n) is 2.34. The van der Waals surface area contributed by atoms with E-state index in [-0.39, 0.29) is 0 Å². The van der Waals surface area contributed by atoms with Crippen LogP contribution in [-0.4, -0.2) is 16.4 Å². The average molecular weight is 341 g/mol. The summed E-state index contributed by atoms with van der Waals surface area (Å²) in [4.78, 5) is 10.9. The molecular weight excluding hydrogens is 316 g/mol. The maximum Gasteiger partial charge on any atom is 0.335 e. The van der Waals surface area contributed by atoms with E-state index in [0.717, 1.165) is 23.7 Å². The van der Waals surface area contributed by atoms with Crippen molar-refractivity contribution in [2.75, 3.05) is 5.33 Å². The minimum absolute atomic E-state index is 0.397. The number of carboxylic acid groups (broad SMARTS) is 1. The third-order valence-corrected chi connectivity index (χ3v) is 4.08. The quantitative estimate of drug-likeness (QED) is 0.430. The third-order valence-electron chi connectivity index (χ3n) is 3.52. The Morgan fingerprint density at radius 2 is 1.55 bits per heavy atom. The average Bonchev–Trinajstić information content (AvgIpc) is 2.46. The molecule has 0 aliphatic carbocycles. The molecule has 3 heteroatoms. The normalized spacial score (nSPS) is 10.7. The number of halogens is 1. The molecular formula is C17H25BrO2. The van der Waals surface area contributed by atoms with Crippen LogP contribution in [-0.2, 0) is 6.42 Å². The van der Waals surface area contributed by atoms with E-state index in [1.165, 1.54) is 44.9 Å². The van der Waals surface area contributed by atoms with Crippen molar-refractivity contribution >= 4 is 21.9 Å². The smallest absolute Gasteiger partial charge is 0.335 e. The molecule has 1 aromatic rings. The lowest BCUT2D eigenvalue weighted by atomic mass is 10.0. The molecule has 2 nitrogen and oxygen atoms in total. The number of carboxylic acids is 1. The molecule has 0 aliphatic heterocycles. The highest BCUT2D eigenvalue weighted by Crippen LogP contribution is 2.13. The summed E-state index contributed by atoms with van der Waals surface area (Å²) in [6, 6.07) is 7.30. The summed E-state index contributed by atoms with van der Waals surface area (Å²) >= 11 is 3.45. The van der Waals surface area contributed by atoms with E-state index in [1.54, 1.807) is 12.1 Å². The van der Waals surface area contributed by atoms with E-state index in [0.29, 0.717) is 5.56 Å². The van der Waals surface area contributed by atoms with Gasteiger partial charge in [-0.25, -0.2) is 4.79 Å². The van der Waals surface area contributed by atoms with Crippen LogP contribution >= 0.6 is 15.9 Å². The molecule has 0 fully saturated rings. The Labute approximate surface area is 130 Å². The SMILES string of the molecule is O=C(O)c1cccc(CCCCCCCCCCBr)c1. The van der Waals surface area contributed by atoms with Crippen LogP contribution in [0.4, 0.5) is 0 Å². The van der Waals surface area contributed by atoms with Gasteiger partial charge in [-0.1, -0.05) is 66.6 Å². The van der Waals surface area contributed by atoms with Crippen LogP contribution in [0.15, 0.2) is 24.3 Å². The molecule has 1 aromatic carbocycles. The van der Waals surface area contributed by atoms with Gasteiger partial charge in [0.2, 0.25) is 0 Å². The molecule has 0 aliphatic rings. The summed E-state index contributed by atoms with van der Waals surface area (Å²) in [5.41, 5.74) is 1.54. The minimum atomic E-state index is -0.838. The van der Waals surface area contributed by atoms with Crippen molar-refractivity contribution in [3.05, 3.63) is 35.4 Å². The number of rotatable bonds is 11. The number of benzene rings is 1. The molecule has 0 aromatic heterocycles. The van der Waals surface area contributed by atoms with E-state index in [1.807, 2.05) is 12.1 Å². The van der Waals surface area contributed by atoms with Gasteiger partial charge < -0.3 is 5.11 Å². The standard InChI is InChI=1S/C17H25BrO2/c18-13-8-6-4-2-1-3-5-7-10-15-11-9-12-16(14-15)17(19)20/h9,11-12,14H,1-8,10,13H2,(H,19,20). The third kappa shape index (κ3) is 7.68. The lowest BCUT2D eigenvalue weighted by molar-refractivity contribution is 0.0696. The molecule has 0 saturated heterocycles. The Balaban J connectivity index is 2.06. The first-order chi connectivity index (χ1) is 9.74. The molecule has 0 radical (unpaired) electrons. The molecule has 0 heterocycles. The molecule has 0 amide bonds. The minimum Gasteiger partial charge on any atom is -0.478 e. The second kappa shape index (κ2) is 10.9. The predicted octanol–water partition coefficient (Wildman–Crippen LogP) is 5.44. The predicted molar refractivity (Wildman–Crippen MR) is 87.8 cm³/mol. The molecule has 0 saturated carbocycles. The van der Waals surface area contributed by atoms with Crippen LogP contribution in [0.2, 0.25) is 0 Å². The van der Waals surface area contributed by atoms with Crippen molar-refractivity contribution in [3.8, 4) is 0 Å². The zero-order chi connectivity index (χ0) is 14.6. The fraction of sp³-hybridized carbons (Fsp3) is 0.588. The van der Waals surface area contributed by atoms with Crippen molar-refractivity contribution in [2.45, 2.75) is 57.8 Å². The number of aromatic carboxylic acids is 1. The molecule has 0 atom stereocenters. The summed E-state index contributed by atoms with van der Waals surface area (Å²) < 4.78 is 0. The highest BCUT2D eigenvalue weighted by molar-refractivity contribution is 9.09. The van der Waals surface area contributed by atoms with E-state index in [4.69, 9.17) is 5.11 Å². The summed E-state index contributed by atoms with van der Waals surface area (Å²) in [6.07, 6.45) is 11.4. The van der Waals surface area contributed by atoms with Gasteiger partial charge in [0.1, 0.15) is 0 Å². The fourth-order valence-corrected chi connectivity index (χ4v) is 2.74. The highest BCUT2D eigenvalue weighted by Gasteiger charge is 2.02. The monoisotopic (exact) mass is 340 g/mol. The highest BCUT2D eigenvalue weighted by atomic mass is 79.9. The number of unbranched alkanes of at least 4 members (excludes halogenated alkanes) is 7. The van der Waals surface area contributed by atoms with Crippen LogP contribution in [0.3, 0.4) is 0 Å². The number of hydrogen-bond acceptors (Lipinski definition) is 1. The molecule has 0 unspecified atom stereocenters. The van der Waals surface area contributed by atoms with E-state index >= 15 is 0 Å². The Morgan fingerprint density at radius 1 is 0.950 bits per heavy atom. The first kappa shape index (κ1) is 17.2. The van der Waals surface area contributed by atoms with Crippen LogP contribution in [0.1, 0.15) is 67.3 Å². The van der Waals surface area contributed by atoms with Gasteiger partial charge in [-0.05, 0) is 37.0 Å². The number of aryl methyl sites for hydroxylation is 1. The largest absolute Gasteiger partial charge is 0.478 e. The van der Waals surface area contributed by atoms with Gasteiger partial charge in [-0.2, -0.15) is 0 Å². The van der Waals surface area contributed by atoms with E-state index in [9.17, 15) is 4.79 Å². The topological polar surface area (TPSA) is 37.3 Å². The molecule has 1 rings (SSSR count). The van der Waals surface area contributed by atoms with Gasteiger partial charge in [-0.3, -0.25) is 0 Å². The van der Waals surface area contributed by atoms with Gasteiger partial charge in [-0.15, -0.1) is 0 Å². The second-order valence-corrected chi connectivity index (χ2v) is 6.07. The Morgan fingerprint density at radius 3 is 2.15 bits per heavy atom. The van der Waals surface area contributed by atoms with Crippen LogP contribution in [0.25, 0.3) is 0 Å². The van der Waals surface area contributed by atoms with Gasteiger partial charge in [0, 0.05) is 5.33 Å². The van der Waals surface area contributed by atoms with Crippen molar-refractivity contribution in [3.63, 3.8) is 0 Å². The van der Waals surface area contributed by atoms with Crippen LogP contribution in [0, 0.1) is 0 Å². The lowest BCUT2D eigenvalue weighted by Gasteiger charge is -2.04. The number of alkyl halides is 1. The van der Waals surface area contributed by atoms with Gasteiger partial charge in [0.25, 0.3) is 0 Å². The number of carbonyl (C=O) groups is 1. The summed E-state index contributed by atoms with van der Waals surface area (Å²) in [5, 5.41) is 10.1. The van der Waals surface area contributed by atoms with Crippen LogP contribution < -0.4 is 0 Å². The van der Waals surface area contributed by atoms with Gasteiger partial charge in [0.15, 0.2) is 0 Å². The van der Waals surface area contributed by atoms with Gasteiger partial charge >= 0.3 is 5.97 Å². The maximum absolute atomic E-state index is 10.9. The second-order valence-electron chi connectivity index (χ2n) is 5.27. The van der Waals surface area contributed by atoms with Crippen molar-refractivity contribution in [2.24, 2.45) is 0 Å². The van der Waals surface area contributed by atoms with Gasteiger partial charge in [0.05, 0.1) is 5.56 Å². The Bertz CT molecular complexity index is 390. The summed E-state index contributed by atoms with van der Waals surface area (Å²) in [6.45, 7) is 0. The van der Waals surface area contributed by atoms with Crippen molar-refractivity contribution in [1.29, 1.82) is 0 Å². The summed E-state index contributed by atoms with van der Waals surface area (Å²) in [5.74, 6) is -0.838. The Kier molecular flexibility index (Phi) is 9.38. The Hall–Kier alpha value is -0.830. The van der Waals surface area contributed by atoms with E-state index in [2.05, 4.69) is 15.9 Å². The molecule has 20 heavy (non-hydrogen) atoms. The maximum atomic E-state index is 10.9. The zero-order valence-corrected chi connectivity index (χ0v) is 13.7. The summed E-state index contributed by atoms with van der Waals surface area (Å²) in [7, 11) is 0. The van der Waals surface area contributed by atoms with Crippen LogP contribution in [0.5, 0.6) is 0 Å². The van der Waals surface area contributed by atoms with Crippen molar-refractivity contribution in [1.82, 2.24) is 0 Å². The molecule has 0 bridgehead atoms. The molecule has 1 N–H and O–H groups in total. The first-order valence-electron chi connectivity index (χ1n) is 7.62. The number of hydrogen-bond donors (Lipinski definition) is 1. The van der Waals surface area contributed by atoms with Crippen molar-refractivity contribution < 1.29 is 9.90 Å². The lowest BCUT2D eigenvalue weighted by Crippen LogP contribution is -1.97. The molecule has 112 valence electrons. The zero-order valence-electron chi connectivity index (χ0n) is 12.1.